The molecule has 0 bridgehead atoms. The van der Waals surface area contributed by atoms with Crippen LogP contribution in [0.3, 0.4) is 0 Å². The highest BCUT2D eigenvalue weighted by atomic mass is 16.6. The van der Waals surface area contributed by atoms with Gasteiger partial charge in [0.25, 0.3) is 0 Å². The molecule has 0 radical (unpaired) electrons. The average Bonchev–Trinajstić information content (AvgIpc) is 2.80. The summed E-state index contributed by atoms with van der Waals surface area (Å²) in [6.45, 7) is -1.33. The van der Waals surface area contributed by atoms with Gasteiger partial charge in [0.05, 0.1) is 13.2 Å². The quantitative estimate of drug-likeness (QED) is 0.340. The van der Waals surface area contributed by atoms with Crippen LogP contribution in [0.2, 0.25) is 0 Å². The van der Waals surface area contributed by atoms with Gasteiger partial charge in [-0.3, -0.25) is 10.1 Å². The van der Waals surface area contributed by atoms with Gasteiger partial charge in [-0.2, -0.15) is 0 Å². The summed E-state index contributed by atoms with van der Waals surface area (Å²) < 4.78 is 5.32. The third kappa shape index (κ3) is 3.69. The van der Waals surface area contributed by atoms with Crippen LogP contribution >= 0.6 is 0 Å². The van der Waals surface area contributed by atoms with Crippen molar-refractivity contribution in [3.8, 4) is 0 Å². The number of carbonyl (C=O) groups is 1. The summed E-state index contributed by atoms with van der Waals surface area (Å²) in [7, 11) is 0. The summed E-state index contributed by atoms with van der Waals surface area (Å²) in [5, 5.41) is 50.6. The van der Waals surface area contributed by atoms with E-state index in [9.17, 15) is 25.2 Å². The lowest BCUT2D eigenvalue weighted by molar-refractivity contribution is -0.158. The standard InChI is InChI=1S/C15H21NO7/c17-7-11-12(19)13(20)15(8-18,23-11)16-10(14(21)22)6-9-4-2-1-3-5-9/h1-5,10-13,16-20H,6-8H2,(H,21,22)/t10-,11+,12+,13-,15-/m0/s1. The van der Waals surface area contributed by atoms with Gasteiger partial charge >= 0.3 is 5.97 Å². The predicted octanol–water partition coefficient (Wildman–Crippen LogP) is -1.93. The lowest BCUT2D eigenvalue weighted by atomic mass is 9.99. The van der Waals surface area contributed by atoms with Gasteiger partial charge in [-0.05, 0) is 12.0 Å². The van der Waals surface area contributed by atoms with Gasteiger partial charge < -0.3 is 30.3 Å². The van der Waals surface area contributed by atoms with E-state index in [0.717, 1.165) is 5.56 Å². The average molecular weight is 327 g/mol. The van der Waals surface area contributed by atoms with Crippen LogP contribution in [0.1, 0.15) is 5.56 Å². The zero-order valence-corrected chi connectivity index (χ0v) is 12.4. The van der Waals surface area contributed by atoms with Gasteiger partial charge in [-0.15, -0.1) is 0 Å². The molecule has 128 valence electrons. The molecule has 1 heterocycles. The highest BCUT2D eigenvalue weighted by Gasteiger charge is 2.55. The van der Waals surface area contributed by atoms with Crippen molar-refractivity contribution in [1.82, 2.24) is 5.32 Å². The molecule has 8 heteroatoms. The molecule has 0 aromatic heterocycles. The van der Waals surface area contributed by atoms with Crippen LogP contribution in [0.25, 0.3) is 0 Å². The van der Waals surface area contributed by atoms with Gasteiger partial charge in [-0.1, -0.05) is 30.3 Å². The van der Waals surface area contributed by atoms with Crippen molar-refractivity contribution in [1.29, 1.82) is 0 Å². The summed E-state index contributed by atoms with van der Waals surface area (Å²) in [6, 6.07) is 7.67. The minimum absolute atomic E-state index is 0.0912. The Morgan fingerprint density at radius 3 is 2.39 bits per heavy atom. The molecule has 1 aromatic carbocycles. The second kappa shape index (κ2) is 7.35. The fourth-order valence-electron chi connectivity index (χ4n) is 2.67. The normalized spacial score (nSPS) is 31.9. The molecule has 1 aliphatic heterocycles. The van der Waals surface area contributed by atoms with E-state index in [4.69, 9.17) is 9.84 Å². The summed E-state index contributed by atoms with van der Waals surface area (Å²) in [5.74, 6) is -1.19. The van der Waals surface area contributed by atoms with Crippen LogP contribution in [0, 0.1) is 0 Å². The molecule has 1 aromatic rings. The van der Waals surface area contributed by atoms with E-state index in [-0.39, 0.29) is 6.42 Å². The first-order chi connectivity index (χ1) is 10.9. The third-order valence-electron chi connectivity index (χ3n) is 3.96. The topological polar surface area (TPSA) is 139 Å². The fourth-order valence-corrected chi connectivity index (χ4v) is 2.67. The number of aliphatic hydroxyl groups excluding tert-OH is 4. The zero-order chi connectivity index (χ0) is 17.0. The lowest BCUT2D eigenvalue weighted by Crippen LogP contribution is -2.62. The highest BCUT2D eigenvalue weighted by Crippen LogP contribution is 2.29. The number of rotatable bonds is 7. The lowest BCUT2D eigenvalue weighted by Gasteiger charge is -2.34. The Labute approximate surface area is 133 Å². The first-order valence-electron chi connectivity index (χ1n) is 7.23. The van der Waals surface area contributed by atoms with Gasteiger partial charge in [0, 0.05) is 0 Å². The smallest absolute Gasteiger partial charge is 0.321 e. The van der Waals surface area contributed by atoms with Crippen LogP contribution < -0.4 is 5.32 Å². The number of aliphatic carboxylic acids is 1. The van der Waals surface area contributed by atoms with Crippen LogP contribution in [-0.4, -0.2) is 74.8 Å². The Kier molecular flexibility index (Phi) is 5.69. The van der Waals surface area contributed by atoms with Gasteiger partial charge in [0.2, 0.25) is 0 Å². The highest BCUT2D eigenvalue weighted by molar-refractivity contribution is 5.74. The summed E-state index contributed by atoms with van der Waals surface area (Å²) >= 11 is 0. The molecule has 0 aliphatic carbocycles. The number of nitrogens with one attached hydrogen (secondary N) is 1. The molecule has 0 unspecified atom stereocenters. The molecule has 0 amide bonds. The second-order valence-electron chi connectivity index (χ2n) is 5.55. The minimum Gasteiger partial charge on any atom is -0.480 e. The van der Waals surface area contributed by atoms with Crippen molar-refractivity contribution in [2.24, 2.45) is 0 Å². The Hall–Kier alpha value is -1.55. The summed E-state index contributed by atoms with van der Waals surface area (Å²) in [6.07, 6.45) is -4.04. The minimum atomic E-state index is -1.86. The number of aliphatic hydroxyl groups is 4. The molecular weight excluding hydrogens is 306 g/mol. The number of benzene rings is 1. The predicted molar refractivity (Wildman–Crippen MR) is 78.5 cm³/mol. The molecule has 8 nitrogen and oxygen atoms in total. The maximum absolute atomic E-state index is 11.5. The molecular formula is C15H21NO7. The van der Waals surface area contributed by atoms with Crippen LogP contribution in [-0.2, 0) is 16.0 Å². The van der Waals surface area contributed by atoms with E-state index in [2.05, 4.69) is 5.32 Å². The van der Waals surface area contributed by atoms with Gasteiger partial charge in [0.15, 0.2) is 5.72 Å². The molecule has 0 spiro atoms. The van der Waals surface area contributed by atoms with E-state index in [1.54, 1.807) is 30.3 Å². The number of carboxylic acid groups (broad SMARTS) is 1. The second-order valence-corrected chi connectivity index (χ2v) is 5.55. The first kappa shape index (κ1) is 17.8. The molecule has 23 heavy (non-hydrogen) atoms. The monoisotopic (exact) mass is 327 g/mol. The zero-order valence-electron chi connectivity index (χ0n) is 12.4. The van der Waals surface area contributed by atoms with E-state index in [1.165, 1.54) is 0 Å². The number of hydrogen-bond acceptors (Lipinski definition) is 7. The SMILES string of the molecule is O=C(O)[C@H](Cc1ccccc1)N[C@@]1(CO)O[C@H](CO)[C@@H](O)[C@@H]1O. The van der Waals surface area contributed by atoms with Gasteiger partial charge in [-0.25, -0.2) is 0 Å². The van der Waals surface area contributed by atoms with E-state index >= 15 is 0 Å². The third-order valence-corrected chi connectivity index (χ3v) is 3.96. The van der Waals surface area contributed by atoms with Crippen molar-refractivity contribution < 1.29 is 35.1 Å². The van der Waals surface area contributed by atoms with Crippen LogP contribution in [0.5, 0.6) is 0 Å². The Balaban J connectivity index is 2.19. The van der Waals surface area contributed by atoms with Crippen molar-refractivity contribution >= 4 is 5.97 Å². The van der Waals surface area contributed by atoms with Crippen molar-refractivity contribution in [2.45, 2.75) is 36.5 Å². The maximum Gasteiger partial charge on any atom is 0.321 e. The maximum atomic E-state index is 11.5. The molecule has 1 fully saturated rings. The van der Waals surface area contributed by atoms with Crippen molar-refractivity contribution in [2.75, 3.05) is 13.2 Å². The fraction of sp³-hybridized carbons (Fsp3) is 0.533. The van der Waals surface area contributed by atoms with E-state index in [1.807, 2.05) is 0 Å². The molecule has 1 aliphatic rings. The first-order valence-corrected chi connectivity index (χ1v) is 7.23. The van der Waals surface area contributed by atoms with E-state index < -0.39 is 49.3 Å². The molecule has 0 saturated carbocycles. The molecule has 6 N–H and O–H groups in total. The number of ether oxygens (including phenoxy) is 1. The Bertz CT molecular complexity index is 526. The Morgan fingerprint density at radius 1 is 1.26 bits per heavy atom. The Morgan fingerprint density at radius 2 is 1.91 bits per heavy atom. The van der Waals surface area contributed by atoms with Gasteiger partial charge in [0.1, 0.15) is 24.4 Å². The summed E-state index contributed by atoms with van der Waals surface area (Å²) in [4.78, 5) is 11.5. The number of hydrogen-bond donors (Lipinski definition) is 6. The van der Waals surface area contributed by atoms with Crippen molar-refractivity contribution in [3.05, 3.63) is 35.9 Å². The largest absolute Gasteiger partial charge is 0.480 e. The summed E-state index contributed by atoms with van der Waals surface area (Å²) in [5.41, 5.74) is -1.11. The number of carboxylic acids is 1. The van der Waals surface area contributed by atoms with E-state index in [0.29, 0.717) is 0 Å². The van der Waals surface area contributed by atoms with Crippen LogP contribution in [0.4, 0.5) is 0 Å². The van der Waals surface area contributed by atoms with Crippen molar-refractivity contribution in [3.63, 3.8) is 0 Å². The molecule has 5 atom stereocenters. The van der Waals surface area contributed by atoms with Crippen LogP contribution in [0.15, 0.2) is 30.3 Å². The molecule has 2 rings (SSSR count). The molecule has 1 saturated heterocycles.